The van der Waals surface area contributed by atoms with Crippen LogP contribution in [-0.2, 0) is 14.4 Å². The van der Waals surface area contributed by atoms with Crippen LogP contribution in [0.25, 0.3) is 0 Å². The smallest absolute Gasteiger partial charge is 0.289 e. The van der Waals surface area contributed by atoms with Gasteiger partial charge < -0.3 is 24.0 Å². The van der Waals surface area contributed by atoms with E-state index >= 15 is 0 Å². The summed E-state index contributed by atoms with van der Waals surface area (Å²) in [5, 5.41) is 0. The van der Waals surface area contributed by atoms with Crippen molar-refractivity contribution in [1.82, 2.24) is 19.6 Å². The molecule has 27 heavy (non-hydrogen) atoms. The van der Waals surface area contributed by atoms with Gasteiger partial charge >= 0.3 is 0 Å². The highest BCUT2D eigenvalue weighted by Crippen LogP contribution is 2.11. The number of rotatable bonds is 3. The van der Waals surface area contributed by atoms with E-state index < -0.39 is 0 Å². The lowest BCUT2D eigenvalue weighted by atomic mass is 10.2. The highest BCUT2D eigenvalue weighted by atomic mass is 16.3. The van der Waals surface area contributed by atoms with Crippen molar-refractivity contribution < 1.29 is 23.6 Å². The summed E-state index contributed by atoms with van der Waals surface area (Å²) >= 11 is 0. The van der Waals surface area contributed by atoms with Crippen molar-refractivity contribution >= 4 is 23.6 Å². The average molecular weight is 376 g/mol. The van der Waals surface area contributed by atoms with Crippen molar-refractivity contribution in [2.75, 3.05) is 52.4 Å². The zero-order chi connectivity index (χ0) is 19.4. The normalized spacial score (nSPS) is 17.8. The van der Waals surface area contributed by atoms with Gasteiger partial charge in [0.1, 0.15) is 6.42 Å². The topological polar surface area (TPSA) is 94.4 Å². The molecule has 0 aliphatic carbocycles. The molecule has 3 heterocycles. The maximum absolute atomic E-state index is 12.4. The van der Waals surface area contributed by atoms with Crippen LogP contribution >= 0.6 is 0 Å². The van der Waals surface area contributed by atoms with Gasteiger partial charge in [-0.1, -0.05) is 0 Å². The Balaban J connectivity index is 1.44. The van der Waals surface area contributed by atoms with Gasteiger partial charge in [0, 0.05) is 59.3 Å². The molecule has 146 valence electrons. The van der Waals surface area contributed by atoms with Gasteiger partial charge in [-0.25, -0.2) is 0 Å². The van der Waals surface area contributed by atoms with Crippen molar-refractivity contribution in [1.29, 1.82) is 0 Å². The molecule has 3 rings (SSSR count). The average Bonchev–Trinajstić information content (AvgIpc) is 3.22. The molecule has 0 unspecified atom stereocenters. The summed E-state index contributed by atoms with van der Waals surface area (Å²) in [7, 11) is 0. The Bertz CT molecular complexity index is 701. The van der Waals surface area contributed by atoms with Crippen LogP contribution < -0.4 is 0 Å². The van der Waals surface area contributed by atoms with Crippen molar-refractivity contribution in [3.8, 4) is 0 Å². The highest BCUT2D eigenvalue weighted by Gasteiger charge is 2.29. The number of furan rings is 1. The SMILES string of the molecule is CC(=O)N1CCN(C(=O)CC(=O)N2CCN(C(=O)c3ccco3)CC2)CC1. The van der Waals surface area contributed by atoms with Crippen LogP contribution in [0.15, 0.2) is 22.8 Å². The Hall–Kier alpha value is -2.84. The van der Waals surface area contributed by atoms with E-state index in [0.29, 0.717) is 52.4 Å². The number of piperazine rings is 2. The van der Waals surface area contributed by atoms with E-state index in [4.69, 9.17) is 4.42 Å². The van der Waals surface area contributed by atoms with Crippen molar-refractivity contribution in [3.05, 3.63) is 24.2 Å². The molecule has 0 saturated carbocycles. The van der Waals surface area contributed by atoms with Crippen LogP contribution in [0.5, 0.6) is 0 Å². The van der Waals surface area contributed by atoms with E-state index in [9.17, 15) is 19.2 Å². The molecule has 0 spiro atoms. The van der Waals surface area contributed by atoms with Gasteiger partial charge in [0.15, 0.2) is 5.76 Å². The maximum atomic E-state index is 12.4. The van der Waals surface area contributed by atoms with Gasteiger partial charge in [-0.3, -0.25) is 19.2 Å². The fourth-order valence-corrected chi connectivity index (χ4v) is 3.34. The van der Waals surface area contributed by atoms with Crippen molar-refractivity contribution in [2.24, 2.45) is 0 Å². The molecular formula is C18H24N4O5. The molecule has 1 aromatic rings. The van der Waals surface area contributed by atoms with E-state index in [1.165, 1.54) is 13.2 Å². The molecule has 9 nitrogen and oxygen atoms in total. The first-order valence-electron chi connectivity index (χ1n) is 9.09. The molecule has 2 aliphatic heterocycles. The largest absolute Gasteiger partial charge is 0.459 e. The van der Waals surface area contributed by atoms with E-state index in [-0.39, 0.29) is 35.8 Å². The first-order chi connectivity index (χ1) is 13.0. The van der Waals surface area contributed by atoms with E-state index in [0.717, 1.165) is 0 Å². The van der Waals surface area contributed by atoms with Gasteiger partial charge in [0.05, 0.1) is 6.26 Å². The first kappa shape index (κ1) is 18.9. The van der Waals surface area contributed by atoms with Gasteiger partial charge in [-0.15, -0.1) is 0 Å². The third kappa shape index (κ3) is 4.47. The molecule has 2 fully saturated rings. The Morgan fingerprint density at radius 1 is 0.815 bits per heavy atom. The lowest BCUT2D eigenvalue weighted by Crippen LogP contribution is -2.53. The number of carbonyl (C=O) groups excluding carboxylic acids is 4. The Morgan fingerprint density at radius 3 is 1.74 bits per heavy atom. The minimum Gasteiger partial charge on any atom is -0.459 e. The minimum atomic E-state index is -0.223. The summed E-state index contributed by atoms with van der Waals surface area (Å²) in [5.74, 6) is -0.335. The Kier molecular flexibility index (Phi) is 5.78. The fraction of sp³-hybridized carbons (Fsp3) is 0.556. The third-order valence-corrected chi connectivity index (χ3v) is 5.03. The molecule has 2 saturated heterocycles. The molecule has 0 N–H and O–H groups in total. The number of carbonyl (C=O) groups is 4. The van der Waals surface area contributed by atoms with Crippen molar-refractivity contribution in [2.45, 2.75) is 13.3 Å². The van der Waals surface area contributed by atoms with Crippen LogP contribution in [0.3, 0.4) is 0 Å². The molecule has 9 heteroatoms. The van der Waals surface area contributed by atoms with Crippen LogP contribution in [0, 0.1) is 0 Å². The predicted molar refractivity (Wildman–Crippen MR) is 94.6 cm³/mol. The zero-order valence-electron chi connectivity index (χ0n) is 15.4. The molecule has 0 aromatic carbocycles. The van der Waals surface area contributed by atoms with Gasteiger partial charge in [0.25, 0.3) is 5.91 Å². The highest BCUT2D eigenvalue weighted by molar-refractivity contribution is 5.97. The maximum Gasteiger partial charge on any atom is 0.289 e. The van der Waals surface area contributed by atoms with Gasteiger partial charge in [-0.2, -0.15) is 0 Å². The second kappa shape index (κ2) is 8.24. The van der Waals surface area contributed by atoms with Crippen molar-refractivity contribution in [3.63, 3.8) is 0 Å². The number of nitrogens with zero attached hydrogens (tertiary/aromatic N) is 4. The predicted octanol–water partition coefficient (Wildman–Crippen LogP) is -0.355. The zero-order valence-corrected chi connectivity index (χ0v) is 15.4. The standard InChI is InChI=1S/C18H24N4O5/c1-14(23)19-4-6-20(7-5-19)16(24)13-17(25)21-8-10-22(11-9-21)18(26)15-3-2-12-27-15/h2-3,12H,4-11,13H2,1H3. The monoisotopic (exact) mass is 376 g/mol. The van der Waals surface area contributed by atoms with Gasteiger partial charge in [0.2, 0.25) is 17.7 Å². The minimum absolute atomic E-state index is 0.000131. The lowest BCUT2D eigenvalue weighted by Gasteiger charge is -2.36. The molecular weight excluding hydrogens is 352 g/mol. The van der Waals surface area contributed by atoms with Crippen LogP contribution in [0.1, 0.15) is 23.9 Å². The summed E-state index contributed by atoms with van der Waals surface area (Å²) in [6.45, 7) is 5.05. The number of hydrogen-bond donors (Lipinski definition) is 0. The summed E-state index contributed by atoms with van der Waals surface area (Å²) in [6.07, 6.45) is 1.28. The summed E-state index contributed by atoms with van der Waals surface area (Å²) in [6, 6.07) is 3.28. The van der Waals surface area contributed by atoms with Crippen LogP contribution in [-0.4, -0.2) is 95.6 Å². The number of hydrogen-bond acceptors (Lipinski definition) is 5. The van der Waals surface area contributed by atoms with E-state index in [1.807, 2.05) is 0 Å². The first-order valence-corrected chi connectivity index (χ1v) is 9.09. The summed E-state index contributed by atoms with van der Waals surface area (Å²) in [4.78, 5) is 54.9. The second-order valence-corrected chi connectivity index (χ2v) is 6.71. The molecule has 0 atom stereocenters. The molecule has 0 radical (unpaired) electrons. The van der Waals surface area contributed by atoms with Crippen LogP contribution in [0.2, 0.25) is 0 Å². The molecule has 2 aliphatic rings. The molecule has 1 aromatic heterocycles. The van der Waals surface area contributed by atoms with E-state index in [2.05, 4.69) is 0 Å². The summed E-state index contributed by atoms with van der Waals surface area (Å²) in [5.41, 5.74) is 0. The van der Waals surface area contributed by atoms with E-state index in [1.54, 1.807) is 31.7 Å². The summed E-state index contributed by atoms with van der Waals surface area (Å²) < 4.78 is 5.12. The van der Waals surface area contributed by atoms with Gasteiger partial charge in [-0.05, 0) is 12.1 Å². The quantitative estimate of drug-likeness (QED) is 0.672. The fourth-order valence-electron chi connectivity index (χ4n) is 3.34. The Labute approximate surface area is 157 Å². The van der Waals surface area contributed by atoms with Crippen LogP contribution in [0.4, 0.5) is 0 Å². The second-order valence-electron chi connectivity index (χ2n) is 6.71. The third-order valence-electron chi connectivity index (χ3n) is 5.03. The molecule has 4 amide bonds. The lowest BCUT2D eigenvalue weighted by molar-refractivity contribution is -0.144. The number of amides is 4. The molecule has 0 bridgehead atoms. The Morgan fingerprint density at radius 2 is 1.30 bits per heavy atom.